The van der Waals surface area contributed by atoms with Crippen LogP contribution in [0.2, 0.25) is 0 Å². The van der Waals surface area contributed by atoms with Crippen LogP contribution in [-0.2, 0) is 18.6 Å². The van der Waals surface area contributed by atoms with Crippen molar-refractivity contribution in [3.05, 3.63) is 12.2 Å². The number of phosphoric acid groups is 1. The fraction of sp³-hybridized carbons (Fsp3) is 0.769. The lowest BCUT2D eigenvalue weighted by Crippen LogP contribution is -2.39. The smallest absolute Gasteiger partial charge is 0.367 e. The summed E-state index contributed by atoms with van der Waals surface area (Å²) in [4.78, 5) is 29.6. The molecular weight excluding hydrogens is 283 g/mol. The van der Waals surface area contributed by atoms with Crippen LogP contribution in [0.5, 0.6) is 0 Å². The minimum absolute atomic E-state index is 0.149. The highest BCUT2D eigenvalue weighted by atomic mass is 31.2. The summed E-state index contributed by atoms with van der Waals surface area (Å²) in [7, 11) is -4.55. The molecule has 0 aromatic carbocycles. The Hall–Kier alpha value is -0.520. The predicted octanol–water partition coefficient (Wildman–Crippen LogP) is 2.59. The Kier molecular flexibility index (Phi) is 6.78. The van der Waals surface area contributed by atoms with Gasteiger partial charge in [-0.1, -0.05) is 13.5 Å². The average molecular weight is 308 g/mol. The number of carbonyl (C=O) groups excluding carboxylic acids is 1. The van der Waals surface area contributed by atoms with E-state index in [9.17, 15) is 9.36 Å². The zero-order valence-electron chi connectivity index (χ0n) is 12.8. The van der Waals surface area contributed by atoms with E-state index in [-0.39, 0.29) is 18.8 Å². The van der Waals surface area contributed by atoms with Gasteiger partial charge in [-0.2, -0.15) is 0 Å². The molecule has 0 aliphatic heterocycles. The van der Waals surface area contributed by atoms with E-state index in [0.717, 1.165) is 0 Å². The highest BCUT2D eigenvalue weighted by Gasteiger charge is 2.34. The van der Waals surface area contributed by atoms with Gasteiger partial charge in [0.25, 0.3) is 0 Å². The predicted molar refractivity (Wildman–Crippen MR) is 76.3 cm³/mol. The molecule has 0 saturated carbocycles. The van der Waals surface area contributed by atoms with Gasteiger partial charge in [0.1, 0.15) is 5.60 Å². The van der Waals surface area contributed by atoms with Crippen molar-refractivity contribution in [3.63, 3.8) is 0 Å². The highest BCUT2D eigenvalue weighted by molar-refractivity contribution is 7.46. The summed E-state index contributed by atoms with van der Waals surface area (Å²) in [5.74, 6) is -0.172. The zero-order valence-corrected chi connectivity index (χ0v) is 13.7. The van der Waals surface area contributed by atoms with Crippen LogP contribution in [0.1, 0.15) is 47.5 Å². The van der Waals surface area contributed by atoms with Gasteiger partial charge in [-0.05, 0) is 46.1 Å². The first-order valence-corrected chi connectivity index (χ1v) is 7.96. The van der Waals surface area contributed by atoms with Crippen LogP contribution < -0.4 is 0 Å². The summed E-state index contributed by atoms with van der Waals surface area (Å²) in [5.41, 5.74) is -1.59. The van der Waals surface area contributed by atoms with Crippen LogP contribution in [0.15, 0.2) is 12.2 Å². The van der Waals surface area contributed by atoms with E-state index in [4.69, 9.17) is 14.5 Å². The van der Waals surface area contributed by atoms with Crippen molar-refractivity contribution < 1.29 is 28.4 Å². The summed E-state index contributed by atoms with van der Waals surface area (Å²) in [5, 5.41) is 0. The number of rotatable bonds is 9. The van der Waals surface area contributed by atoms with Crippen LogP contribution >= 0.6 is 7.82 Å². The number of carbonyl (C=O) groups is 1. The van der Waals surface area contributed by atoms with Crippen molar-refractivity contribution >= 4 is 13.6 Å². The van der Waals surface area contributed by atoms with Crippen LogP contribution in [-0.4, -0.2) is 33.4 Å². The van der Waals surface area contributed by atoms with Gasteiger partial charge in [-0.15, -0.1) is 0 Å². The van der Waals surface area contributed by atoms with E-state index in [1.165, 1.54) is 0 Å². The van der Waals surface area contributed by atoms with E-state index in [1.807, 2.05) is 6.92 Å². The molecule has 0 spiro atoms. The molecule has 0 saturated heterocycles. The molecule has 20 heavy (non-hydrogen) atoms. The number of hydrogen-bond acceptors (Lipinski definition) is 4. The van der Waals surface area contributed by atoms with Gasteiger partial charge in [0.15, 0.2) is 5.78 Å². The largest absolute Gasteiger partial charge is 0.470 e. The van der Waals surface area contributed by atoms with Gasteiger partial charge in [-0.3, -0.25) is 9.32 Å². The van der Waals surface area contributed by atoms with Crippen molar-refractivity contribution in [1.82, 2.24) is 0 Å². The lowest BCUT2D eigenvalue weighted by atomic mass is 9.93. The molecule has 0 amide bonds. The molecule has 0 bridgehead atoms. The van der Waals surface area contributed by atoms with Crippen LogP contribution in [0, 0.1) is 0 Å². The van der Waals surface area contributed by atoms with Crippen LogP contribution in [0.4, 0.5) is 0 Å². The van der Waals surface area contributed by atoms with Gasteiger partial charge in [-0.25, -0.2) is 4.57 Å². The highest BCUT2D eigenvalue weighted by Crippen LogP contribution is 2.42. The van der Waals surface area contributed by atoms with Crippen molar-refractivity contribution in [2.24, 2.45) is 0 Å². The maximum absolute atomic E-state index is 12.0. The molecule has 0 rings (SSSR count). The third kappa shape index (κ3) is 6.77. The maximum Gasteiger partial charge on any atom is 0.470 e. The fourth-order valence-electron chi connectivity index (χ4n) is 1.67. The Bertz CT molecular complexity index is 411. The number of ether oxygens (including phenoxy) is 1. The lowest BCUT2D eigenvalue weighted by molar-refractivity contribution is -0.140. The molecule has 2 N–H and O–H groups in total. The molecular formula is C13H25O6P. The molecule has 6 nitrogen and oxygen atoms in total. The molecule has 1 atom stereocenters. The van der Waals surface area contributed by atoms with Gasteiger partial charge < -0.3 is 14.5 Å². The summed E-state index contributed by atoms with van der Waals surface area (Å²) in [6, 6.07) is 0. The summed E-state index contributed by atoms with van der Waals surface area (Å²) >= 11 is 0. The van der Waals surface area contributed by atoms with E-state index in [2.05, 4.69) is 11.1 Å². The third-order valence-electron chi connectivity index (χ3n) is 3.03. The van der Waals surface area contributed by atoms with Crippen molar-refractivity contribution in [2.75, 3.05) is 6.61 Å². The van der Waals surface area contributed by atoms with Gasteiger partial charge in [0.2, 0.25) is 0 Å². The zero-order chi connectivity index (χ0) is 16.2. The molecule has 0 heterocycles. The topological polar surface area (TPSA) is 93.1 Å². The molecule has 0 fully saturated rings. The number of ketones is 1. The summed E-state index contributed by atoms with van der Waals surface area (Å²) in [6.07, 6.45) is 0.732. The average Bonchev–Trinajstić information content (AvgIpc) is 2.23. The van der Waals surface area contributed by atoms with E-state index < -0.39 is 19.0 Å². The molecule has 0 aliphatic carbocycles. The van der Waals surface area contributed by atoms with Gasteiger partial charge in [0, 0.05) is 0 Å². The van der Waals surface area contributed by atoms with Gasteiger partial charge in [0.05, 0.1) is 12.2 Å². The monoisotopic (exact) mass is 308 g/mol. The second-order valence-corrected chi connectivity index (χ2v) is 6.80. The minimum Gasteiger partial charge on any atom is -0.367 e. The second kappa shape index (κ2) is 6.96. The minimum atomic E-state index is -4.55. The first kappa shape index (κ1) is 19.5. The molecule has 0 aliphatic rings. The molecule has 1 unspecified atom stereocenters. The fourth-order valence-corrected chi connectivity index (χ4v) is 2.40. The van der Waals surface area contributed by atoms with Crippen molar-refractivity contribution in [1.29, 1.82) is 0 Å². The lowest BCUT2D eigenvalue weighted by Gasteiger charge is -2.30. The SMILES string of the molecule is C=C(C)C(=O)C(C)(CC)OCCC(C)(C)OP(=O)(O)O. The number of Topliss-reactive ketones (excluding diaryl/α,β-unsaturated/α-hetero) is 1. The first-order chi connectivity index (χ1) is 8.83. The number of phosphoric ester groups is 1. The Morgan fingerprint density at radius 3 is 2.15 bits per heavy atom. The van der Waals surface area contributed by atoms with Crippen molar-refractivity contribution in [2.45, 2.75) is 58.7 Å². The van der Waals surface area contributed by atoms with E-state index >= 15 is 0 Å². The summed E-state index contributed by atoms with van der Waals surface area (Å²) < 4.78 is 21.1. The Labute approximate surface area is 120 Å². The van der Waals surface area contributed by atoms with E-state index in [1.54, 1.807) is 27.7 Å². The third-order valence-corrected chi connectivity index (χ3v) is 3.77. The molecule has 0 aromatic heterocycles. The van der Waals surface area contributed by atoms with Crippen LogP contribution in [0.25, 0.3) is 0 Å². The van der Waals surface area contributed by atoms with E-state index in [0.29, 0.717) is 12.0 Å². The second-order valence-electron chi connectivity index (χ2n) is 5.63. The van der Waals surface area contributed by atoms with Crippen molar-refractivity contribution in [3.8, 4) is 0 Å². The maximum atomic E-state index is 12.0. The molecule has 0 radical (unpaired) electrons. The quantitative estimate of drug-likeness (QED) is 0.502. The Morgan fingerprint density at radius 1 is 1.30 bits per heavy atom. The standard InChI is InChI=1S/C13H25O6P/c1-7-13(6,11(14)10(2)3)18-9-8-12(4,5)19-20(15,16)17/h2,7-9H2,1,3-6H3,(H2,15,16,17). The molecule has 118 valence electrons. The first-order valence-electron chi connectivity index (χ1n) is 6.43. The normalized spacial score (nSPS) is 15.8. The molecule has 0 aromatic rings. The van der Waals surface area contributed by atoms with Gasteiger partial charge >= 0.3 is 7.82 Å². The summed E-state index contributed by atoms with van der Waals surface area (Å²) in [6.45, 7) is 12.0. The molecule has 7 heteroatoms. The number of hydrogen-bond donors (Lipinski definition) is 2. The Morgan fingerprint density at radius 2 is 1.80 bits per heavy atom. The van der Waals surface area contributed by atoms with Crippen LogP contribution in [0.3, 0.4) is 0 Å². The Balaban J connectivity index is 4.58.